The standard InChI is InChI=1S/C15H24F3NO2/c16-15(17,18)12-7-5-11(6-8-12)14(21)19-9-3-1-2-4-13(19)10-20/h11-13,20H,1-10H2. The average molecular weight is 307 g/mol. The number of rotatable bonds is 2. The van der Waals surface area contributed by atoms with Crippen molar-refractivity contribution in [1.29, 1.82) is 0 Å². The predicted molar refractivity (Wildman–Crippen MR) is 72.6 cm³/mol. The van der Waals surface area contributed by atoms with E-state index in [0.29, 0.717) is 19.4 Å². The lowest BCUT2D eigenvalue weighted by atomic mass is 9.81. The number of likely N-dealkylation sites (tertiary alicyclic amines) is 1. The van der Waals surface area contributed by atoms with Crippen LogP contribution in [0.1, 0.15) is 51.4 Å². The first-order chi connectivity index (χ1) is 9.93. The van der Waals surface area contributed by atoms with Crippen LogP contribution in [0.15, 0.2) is 0 Å². The third kappa shape index (κ3) is 4.11. The van der Waals surface area contributed by atoms with Crippen LogP contribution in [0.2, 0.25) is 0 Å². The summed E-state index contributed by atoms with van der Waals surface area (Å²) in [7, 11) is 0. The fourth-order valence-corrected chi connectivity index (χ4v) is 3.56. The van der Waals surface area contributed by atoms with Crippen molar-refractivity contribution in [2.75, 3.05) is 13.2 Å². The van der Waals surface area contributed by atoms with Gasteiger partial charge in [-0.25, -0.2) is 0 Å². The number of nitrogens with zero attached hydrogens (tertiary/aromatic N) is 1. The van der Waals surface area contributed by atoms with Crippen LogP contribution in [0.4, 0.5) is 13.2 Å². The maximum Gasteiger partial charge on any atom is 0.391 e. The second kappa shape index (κ2) is 6.99. The van der Waals surface area contributed by atoms with E-state index in [-0.39, 0.29) is 37.3 Å². The number of halogens is 3. The molecule has 1 aliphatic heterocycles. The molecule has 1 N–H and O–H groups in total. The topological polar surface area (TPSA) is 40.5 Å². The molecule has 1 aliphatic carbocycles. The van der Waals surface area contributed by atoms with Crippen LogP contribution < -0.4 is 0 Å². The Labute approximate surface area is 123 Å². The highest BCUT2D eigenvalue weighted by atomic mass is 19.4. The maximum absolute atomic E-state index is 12.7. The highest BCUT2D eigenvalue weighted by Gasteiger charge is 2.43. The molecule has 0 spiro atoms. The molecule has 0 aromatic rings. The molecule has 21 heavy (non-hydrogen) atoms. The normalized spacial score (nSPS) is 31.8. The minimum atomic E-state index is -4.13. The molecule has 1 heterocycles. The zero-order chi connectivity index (χ0) is 15.5. The van der Waals surface area contributed by atoms with E-state index in [1.54, 1.807) is 4.90 Å². The first kappa shape index (κ1) is 16.6. The molecule has 0 aromatic carbocycles. The Balaban J connectivity index is 1.94. The van der Waals surface area contributed by atoms with Crippen LogP contribution in [-0.4, -0.2) is 41.3 Å². The molecule has 1 amide bonds. The molecule has 6 heteroatoms. The molecule has 0 aromatic heterocycles. The van der Waals surface area contributed by atoms with Gasteiger partial charge in [-0.05, 0) is 38.5 Å². The Morgan fingerprint density at radius 1 is 1.05 bits per heavy atom. The van der Waals surface area contributed by atoms with E-state index in [4.69, 9.17) is 0 Å². The summed E-state index contributed by atoms with van der Waals surface area (Å²) in [6, 6.07) is -0.152. The van der Waals surface area contributed by atoms with Gasteiger partial charge in [-0.2, -0.15) is 13.2 Å². The van der Waals surface area contributed by atoms with Gasteiger partial charge in [0, 0.05) is 12.5 Å². The van der Waals surface area contributed by atoms with Crippen LogP contribution in [0.5, 0.6) is 0 Å². The number of carbonyl (C=O) groups is 1. The number of carbonyl (C=O) groups excluding carboxylic acids is 1. The lowest BCUT2D eigenvalue weighted by Crippen LogP contribution is -2.46. The van der Waals surface area contributed by atoms with Gasteiger partial charge in [-0.15, -0.1) is 0 Å². The molecule has 122 valence electrons. The summed E-state index contributed by atoms with van der Waals surface area (Å²) in [6.45, 7) is 0.576. The zero-order valence-corrected chi connectivity index (χ0v) is 12.2. The lowest BCUT2D eigenvalue weighted by molar-refractivity contribution is -0.185. The molecule has 3 nitrogen and oxygen atoms in total. The minimum absolute atomic E-state index is 0.0448. The number of aliphatic hydroxyl groups is 1. The second-order valence-corrected chi connectivity index (χ2v) is 6.31. The monoisotopic (exact) mass is 307 g/mol. The molecular formula is C15H24F3NO2. The van der Waals surface area contributed by atoms with Gasteiger partial charge in [0.05, 0.1) is 18.6 Å². The van der Waals surface area contributed by atoms with Crippen LogP contribution >= 0.6 is 0 Å². The third-order valence-corrected chi connectivity index (χ3v) is 4.91. The van der Waals surface area contributed by atoms with Crippen LogP contribution in [0, 0.1) is 11.8 Å². The van der Waals surface area contributed by atoms with E-state index in [9.17, 15) is 23.1 Å². The fraction of sp³-hybridized carbons (Fsp3) is 0.933. The van der Waals surface area contributed by atoms with Gasteiger partial charge in [0.1, 0.15) is 0 Å². The third-order valence-electron chi connectivity index (χ3n) is 4.91. The number of hydrogen-bond acceptors (Lipinski definition) is 2. The predicted octanol–water partition coefficient (Wildman–Crippen LogP) is 3.12. The Morgan fingerprint density at radius 3 is 2.29 bits per heavy atom. The van der Waals surface area contributed by atoms with Crippen molar-refractivity contribution in [2.24, 2.45) is 11.8 Å². The molecular weight excluding hydrogens is 283 g/mol. The van der Waals surface area contributed by atoms with Crippen LogP contribution in [-0.2, 0) is 4.79 Å². The molecule has 1 unspecified atom stereocenters. The summed E-state index contributed by atoms with van der Waals surface area (Å²) in [4.78, 5) is 14.3. The number of hydrogen-bond donors (Lipinski definition) is 1. The molecule has 2 fully saturated rings. The van der Waals surface area contributed by atoms with Gasteiger partial charge in [-0.1, -0.05) is 12.8 Å². The summed E-state index contributed by atoms with van der Waals surface area (Å²) in [5.41, 5.74) is 0. The lowest BCUT2D eigenvalue weighted by Gasteiger charge is -2.35. The van der Waals surface area contributed by atoms with E-state index < -0.39 is 12.1 Å². The zero-order valence-electron chi connectivity index (χ0n) is 12.2. The van der Waals surface area contributed by atoms with Gasteiger partial charge in [-0.3, -0.25) is 4.79 Å². The van der Waals surface area contributed by atoms with Crippen molar-refractivity contribution < 1.29 is 23.1 Å². The Morgan fingerprint density at radius 2 is 1.71 bits per heavy atom. The first-order valence-electron chi connectivity index (χ1n) is 7.91. The smallest absolute Gasteiger partial charge is 0.391 e. The van der Waals surface area contributed by atoms with Crippen molar-refractivity contribution >= 4 is 5.91 Å². The van der Waals surface area contributed by atoms with E-state index in [1.165, 1.54) is 0 Å². The highest BCUT2D eigenvalue weighted by Crippen LogP contribution is 2.40. The van der Waals surface area contributed by atoms with Gasteiger partial charge < -0.3 is 10.0 Å². The van der Waals surface area contributed by atoms with Crippen molar-refractivity contribution in [3.63, 3.8) is 0 Å². The molecule has 1 saturated carbocycles. The van der Waals surface area contributed by atoms with E-state index in [2.05, 4.69) is 0 Å². The van der Waals surface area contributed by atoms with Crippen LogP contribution in [0.25, 0.3) is 0 Å². The molecule has 2 rings (SSSR count). The summed E-state index contributed by atoms with van der Waals surface area (Å²) in [5.74, 6) is -1.59. The van der Waals surface area contributed by atoms with Crippen molar-refractivity contribution in [1.82, 2.24) is 4.90 Å². The second-order valence-electron chi connectivity index (χ2n) is 6.31. The minimum Gasteiger partial charge on any atom is -0.394 e. The van der Waals surface area contributed by atoms with Gasteiger partial charge >= 0.3 is 6.18 Å². The Hall–Kier alpha value is -0.780. The summed E-state index contributed by atoms with van der Waals surface area (Å²) >= 11 is 0. The van der Waals surface area contributed by atoms with Crippen molar-refractivity contribution in [2.45, 2.75) is 63.6 Å². The van der Waals surface area contributed by atoms with Gasteiger partial charge in [0.25, 0.3) is 0 Å². The number of alkyl halides is 3. The average Bonchev–Trinajstić information content (AvgIpc) is 2.70. The molecule has 1 atom stereocenters. The number of amides is 1. The van der Waals surface area contributed by atoms with E-state index in [1.807, 2.05) is 0 Å². The van der Waals surface area contributed by atoms with E-state index in [0.717, 1.165) is 25.7 Å². The van der Waals surface area contributed by atoms with Gasteiger partial charge in [0.15, 0.2) is 0 Å². The van der Waals surface area contributed by atoms with Gasteiger partial charge in [0.2, 0.25) is 5.91 Å². The molecule has 2 aliphatic rings. The molecule has 0 radical (unpaired) electrons. The Bertz CT molecular complexity index is 351. The highest BCUT2D eigenvalue weighted by molar-refractivity contribution is 5.79. The summed E-state index contributed by atoms with van der Waals surface area (Å²) in [6.07, 6.45) is 0.353. The van der Waals surface area contributed by atoms with Crippen LogP contribution in [0.3, 0.4) is 0 Å². The summed E-state index contributed by atoms with van der Waals surface area (Å²) in [5, 5.41) is 9.44. The first-order valence-corrected chi connectivity index (χ1v) is 7.91. The molecule has 1 saturated heterocycles. The Kier molecular flexibility index (Phi) is 5.52. The van der Waals surface area contributed by atoms with E-state index >= 15 is 0 Å². The largest absolute Gasteiger partial charge is 0.394 e. The van der Waals surface area contributed by atoms with Crippen molar-refractivity contribution in [3.8, 4) is 0 Å². The SMILES string of the molecule is O=C(C1CCC(C(F)(F)F)CC1)N1CCCCCC1CO. The quantitative estimate of drug-likeness (QED) is 0.851. The maximum atomic E-state index is 12.7. The summed E-state index contributed by atoms with van der Waals surface area (Å²) < 4.78 is 38.0. The number of aliphatic hydroxyl groups excluding tert-OH is 1. The van der Waals surface area contributed by atoms with Crippen molar-refractivity contribution in [3.05, 3.63) is 0 Å². The molecule has 0 bridgehead atoms. The fourth-order valence-electron chi connectivity index (χ4n) is 3.56.